The van der Waals surface area contributed by atoms with E-state index in [1.165, 1.54) is 4.72 Å². The summed E-state index contributed by atoms with van der Waals surface area (Å²) in [4.78, 5) is 0. The minimum absolute atomic E-state index is 0.275. The van der Waals surface area contributed by atoms with Gasteiger partial charge < -0.3 is 0 Å². The molecule has 0 aliphatic carbocycles. The highest BCUT2D eigenvalue weighted by atomic mass is 32.2. The van der Waals surface area contributed by atoms with Gasteiger partial charge in [-0.2, -0.15) is 13.2 Å². The fraction of sp³-hybridized carbons (Fsp3) is 1.00. The molecule has 12 heavy (non-hydrogen) atoms. The summed E-state index contributed by atoms with van der Waals surface area (Å²) in [5.74, 6) is -0.275. The van der Waals surface area contributed by atoms with Crippen LogP contribution < -0.4 is 4.72 Å². The second kappa shape index (κ2) is 4.08. The Balaban J connectivity index is 3.94. The minimum Gasteiger partial charge on any atom is -0.212 e. The SMILES string of the molecule is CCCS(=O)(=O)NCC(F)(F)F. The maximum Gasteiger partial charge on any atom is 0.402 e. The first kappa shape index (κ1) is 11.7. The zero-order chi connectivity index (χ0) is 9.83. The van der Waals surface area contributed by atoms with E-state index in [0.29, 0.717) is 6.42 Å². The molecular weight excluding hydrogens is 195 g/mol. The van der Waals surface area contributed by atoms with Crippen molar-refractivity contribution in [2.24, 2.45) is 0 Å². The molecule has 0 radical (unpaired) electrons. The molecule has 0 aromatic heterocycles. The summed E-state index contributed by atoms with van der Waals surface area (Å²) in [6.07, 6.45) is -4.19. The molecular formula is C5H10F3NO2S. The highest BCUT2D eigenvalue weighted by Gasteiger charge is 2.28. The highest BCUT2D eigenvalue weighted by molar-refractivity contribution is 7.89. The molecule has 0 aromatic rings. The molecule has 0 amide bonds. The number of halogens is 3. The Morgan fingerprint density at radius 3 is 2.17 bits per heavy atom. The molecule has 1 N–H and O–H groups in total. The molecule has 0 atom stereocenters. The highest BCUT2D eigenvalue weighted by Crippen LogP contribution is 2.12. The van der Waals surface area contributed by atoms with Crippen molar-refractivity contribution in [2.75, 3.05) is 12.3 Å². The van der Waals surface area contributed by atoms with E-state index in [2.05, 4.69) is 0 Å². The average Bonchev–Trinajstić information content (AvgIpc) is 1.83. The van der Waals surface area contributed by atoms with E-state index < -0.39 is 22.7 Å². The maximum atomic E-state index is 11.5. The molecule has 0 spiro atoms. The third-order valence-electron chi connectivity index (χ3n) is 0.965. The van der Waals surface area contributed by atoms with Gasteiger partial charge in [-0.15, -0.1) is 0 Å². The first-order valence-corrected chi connectivity index (χ1v) is 4.96. The van der Waals surface area contributed by atoms with Gasteiger partial charge in [-0.3, -0.25) is 0 Å². The van der Waals surface area contributed by atoms with Gasteiger partial charge in [0.15, 0.2) is 0 Å². The van der Waals surface area contributed by atoms with Crippen molar-refractivity contribution >= 4 is 10.0 Å². The van der Waals surface area contributed by atoms with E-state index in [9.17, 15) is 21.6 Å². The largest absolute Gasteiger partial charge is 0.402 e. The van der Waals surface area contributed by atoms with Crippen molar-refractivity contribution in [1.29, 1.82) is 0 Å². The van der Waals surface area contributed by atoms with Gasteiger partial charge in [0.1, 0.15) is 6.54 Å². The molecule has 0 fully saturated rings. The van der Waals surface area contributed by atoms with Crippen LogP contribution in [0.4, 0.5) is 13.2 Å². The van der Waals surface area contributed by atoms with Crippen LogP contribution in [0.1, 0.15) is 13.3 Å². The summed E-state index contributed by atoms with van der Waals surface area (Å²) in [6.45, 7) is 0.0855. The van der Waals surface area contributed by atoms with Crippen molar-refractivity contribution in [2.45, 2.75) is 19.5 Å². The fourth-order valence-electron chi connectivity index (χ4n) is 0.533. The molecule has 0 aliphatic heterocycles. The molecule has 0 bridgehead atoms. The third-order valence-corrected chi connectivity index (χ3v) is 2.50. The summed E-state index contributed by atoms with van der Waals surface area (Å²) in [7, 11) is -3.73. The number of rotatable bonds is 4. The summed E-state index contributed by atoms with van der Waals surface area (Å²) in [5, 5.41) is 0. The van der Waals surface area contributed by atoms with E-state index in [4.69, 9.17) is 0 Å². The number of hydrogen-bond donors (Lipinski definition) is 1. The summed E-state index contributed by atoms with van der Waals surface area (Å²) >= 11 is 0. The zero-order valence-corrected chi connectivity index (χ0v) is 7.30. The lowest BCUT2D eigenvalue weighted by Gasteiger charge is -2.07. The van der Waals surface area contributed by atoms with Crippen LogP contribution in [0.25, 0.3) is 0 Å². The molecule has 3 nitrogen and oxygen atoms in total. The molecule has 0 heterocycles. The van der Waals surface area contributed by atoms with Crippen molar-refractivity contribution < 1.29 is 21.6 Å². The summed E-state index contributed by atoms with van der Waals surface area (Å²) < 4.78 is 57.3. The van der Waals surface area contributed by atoms with E-state index in [0.717, 1.165) is 0 Å². The van der Waals surface area contributed by atoms with Crippen LogP contribution in [0, 0.1) is 0 Å². The fourth-order valence-corrected chi connectivity index (χ4v) is 1.60. The first-order valence-electron chi connectivity index (χ1n) is 3.31. The smallest absolute Gasteiger partial charge is 0.212 e. The molecule has 0 saturated heterocycles. The molecule has 0 saturated carbocycles. The van der Waals surface area contributed by atoms with Gasteiger partial charge in [-0.25, -0.2) is 13.1 Å². The van der Waals surface area contributed by atoms with Gasteiger partial charge in [-0.05, 0) is 6.42 Å². The number of nitrogens with one attached hydrogen (secondary N) is 1. The first-order chi connectivity index (χ1) is 5.27. The quantitative estimate of drug-likeness (QED) is 0.740. The van der Waals surface area contributed by atoms with Crippen molar-refractivity contribution in [3.05, 3.63) is 0 Å². The van der Waals surface area contributed by atoms with Crippen LogP contribution in [-0.2, 0) is 10.0 Å². The summed E-state index contributed by atoms with van der Waals surface area (Å²) in [6, 6.07) is 0. The van der Waals surface area contributed by atoms with Crippen molar-refractivity contribution in [3.8, 4) is 0 Å². The number of alkyl halides is 3. The summed E-state index contributed by atoms with van der Waals surface area (Å²) in [5.41, 5.74) is 0. The van der Waals surface area contributed by atoms with E-state index in [1.54, 1.807) is 6.92 Å². The van der Waals surface area contributed by atoms with Gasteiger partial charge in [0.25, 0.3) is 0 Å². The van der Waals surface area contributed by atoms with Gasteiger partial charge in [0, 0.05) is 0 Å². The molecule has 0 aliphatic rings. The second-order valence-corrected chi connectivity index (χ2v) is 4.18. The molecule has 0 aromatic carbocycles. The van der Waals surface area contributed by atoms with Crippen molar-refractivity contribution in [3.63, 3.8) is 0 Å². The van der Waals surface area contributed by atoms with Crippen LogP contribution in [0.3, 0.4) is 0 Å². The topological polar surface area (TPSA) is 46.2 Å². The third kappa shape index (κ3) is 6.41. The predicted octanol–water partition coefficient (Wildman–Crippen LogP) is 0.878. The standard InChI is InChI=1S/C5H10F3NO2S/c1-2-3-12(10,11)9-4-5(6,7)8/h9H,2-4H2,1H3. The van der Waals surface area contributed by atoms with Crippen LogP contribution in [0.15, 0.2) is 0 Å². The predicted molar refractivity (Wildman–Crippen MR) is 38.1 cm³/mol. The lowest BCUT2D eigenvalue weighted by atomic mass is 10.6. The Labute approximate surface area is 69.0 Å². The Kier molecular flexibility index (Phi) is 3.98. The van der Waals surface area contributed by atoms with E-state index >= 15 is 0 Å². The van der Waals surface area contributed by atoms with Crippen LogP contribution >= 0.6 is 0 Å². The van der Waals surface area contributed by atoms with Gasteiger partial charge in [0.05, 0.1) is 5.75 Å². The van der Waals surface area contributed by atoms with Gasteiger partial charge >= 0.3 is 6.18 Å². The number of hydrogen-bond acceptors (Lipinski definition) is 2. The molecule has 7 heteroatoms. The van der Waals surface area contributed by atoms with Gasteiger partial charge in [0.2, 0.25) is 10.0 Å². The monoisotopic (exact) mass is 205 g/mol. The van der Waals surface area contributed by atoms with Crippen LogP contribution in [0.5, 0.6) is 0 Å². The Morgan fingerprint density at radius 1 is 1.33 bits per heavy atom. The number of sulfonamides is 1. The lowest BCUT2D eigenvalue weighted by Crippen LogP contribution is -2.35. The average molecular weight is 205 g/mol. The normalized spacial score (nSPS) is 13.3. The van der Waals surface area contributed by atoms with Crippen LogP contribution in [-0.4, -0.2) is 26.9 Å². The molecule has 74 valence electrons. The van der Waals surface area contributed by atoms with Gasteiger partial charge in [-0.1, -0.05) is 6.92 Å². The Hall–Kier alpha value is -0.300. The second-order valence-electron chi connectivity index (χ2n) is 2.26. The zero-order valence-electron chi connectivity index (χ0n) is 6.48. The maximum absolute atomic E-state index is 11.5. The van der Waals surface area contributed by atoms with E-state index in [-0.39, 0.29) is 5.75 Å². The van der Waals surface area contributed by atoms with E-state index in [1.807, 2.05) is 0 Å². The Morgan fingerprint density at radius 2 is 1.83 bits per heavy atom. The minimum atomic E-state index is -4.49. The van der Waals surface area contributed by atoms with Crippen molar-refractivity contribution in [1.82, 2.24) is 4.72 Å². The molecule has 0 unspecified atom stereocenters. The Bertz CT molecular complexity index is 221. The lowest BCUT2D eigenvalue weighted by molar-refractivity contribution is -0.121. The molecule has 0 rings (SSSR count). The van der Waals surface area contributed by atoms with Crippen LogP contribution in [0.2, 0.25) is 0 Å².